The zero-order valence-corrected chi connectivity index (χ0v) is 23.1. The zero-order valence-electron chi connectivity index (χ0n) is 23.1. The molecule has 2 amide bonds. The van der Waals surface area contributed by atoms with Gasteiger partial charge in [0.05, 0.1) is 6.61 Å². The molecule has 1 aromatic carbocycles. The number of anilines is 1. The summed E-state index contributed by atoms with van der Waals surface area (Å²) in [5.74, 6) is -1.11. The number of aliphatic hydroxyl groups is 1. The summed E-state index contributed by atoms with van der Waals surface area (Å²) in [4.78, 5) is 41.6. The van der Waals surface area contributed by atoms with Crippen LogP contribution >= 0.6 is 0 Å². The van der Waals surface area contributed by atoms with Crippen LogP contribution in [0.25, 0.3) is 11.0 Å². The fraction of sp³-hybridized carbons (Fsp3) is 0.645. The number of carbonyl (C=O) groups excluding carboxylic acids is 2. The highest BCUT2D eigenvalue weighted by molar-refractivity contribution is 6.00. The molecule has 1 saturated carbocycles. The van der Waals surface area contributed by atoms with Gasteiger partial charge in [-0.3, -0.25) is 9.59 Å². The van der Waals surface area contributed by atoms with Crippen molar-refractivity contribution in [2.24, 2.45) is 0 Å². The number of hydrogen-bond donors (Lipinski definition) is 3. The minimum Gasteiger partial charge on any atom is -0.422 e. The van der Waals surface area contributed by atoms with E-state index in [0.717, 1.165) is 88.2 Å². The predicted octanol–water partition coefficient (Wildman–Crippen LogP) is 4.37. The Kier molecular flexibility index (Phi) is 9.22. The molecule has 3 N–H and O–H groups in total. The third kappa shape index (κ3) is 6.48. The average molecular weight is 538 g/mol. The lowest BCUT2D eigenvalue weighted by Gasteiger charge is -2.37. The Hall–Kier alpha value is -2.87. The molecule has 1 fully saturated rings. The summed E-state index contributed by atoms with van der Waals surface area (Å²) in [6.07, 6.45) is 16.5. The minimum atomic E-state index is -1.13. The third-order valence-electron chi connectivity index (χ3n) is 8.72. The second-order valence-corrected chi connectivity index (χ2v) is 11.6. The molecule has 212 valence electrons. The van der Waals surface area contributed by atoms with Crippen LogP contribution in [0, 0.1) is 0 Å². The normalized spacial score (nSPS) is 19.9. The Morgan fingerprint density at radius 1 is 0.923 bits per heavy atom. The fourth-order valence-corrected chi connectivity index (χ4v) is 6.64. The zero-order chi connectivity index (χ0) is 27.2. The van der Waals surface area contributed by atoms with E-state index in [2.05, 4.69) is 15.5 Å². The maximum Gasteiger partial charge on any atom is 0.349 e. The van der Waals surface area contributed by atoms with Crippen molar-refractivity contribution >= 4 is 28.5 Å². The van der Waals surface area contributed by atoms with Crippen molar-refractivity contribution in [1.29, 1.82) is 0 Å². The van der Waals surface area contributed by atoms with Crippen molar-refractivity contribution in [3.8, 4) is 0 Å². The van der Waals surface area contributed by atoms with E-state index < -0.39 is 30.1 Å². The van der Waals surface area contributed by atoms with Crippen LogP contribution in [0.2, 0.25) is 0 Å². The highest BCUT2D eigenvalue weighted by Crippen LogP contribution is 2.39. The van der Waals surface area contributed by atoms with Crippen molar-refractivity contribution < 1.29 is 19.1 Å². The van der Waals surface area contributed by atoms with E-state index in [4.69, 9.17) is 4.42 Å². The van der Waals surface area contributed by atoms with Gasteiger partial charge in [-0.1, -0.05) is 57.8 Å². The Bertz CT molecular complexity index is 1220. The van der Waals surface area contributed by atoms with Gasteiger partial charge in [0, 0.05) is 35.8 Å². The summed E-state index contributed by atoms with van der Waals surface area (Å²) in [6, 6.07) is 2.51. The van der Waals surface area contributed by atoms with Gasteiger partial charge in [-0.15, -0.1) is 0 Å². The number of aliphatic hydroxyl groups excluding tert-OH is 1. The number of benzene rings is 1. The smallest absolute Gasteiger partial charge is 0.349 e. The van der Waals surface area contributed by atoms with Gasteiger partial charge >= 0.3 is 5.63 Å². The number of hydrogen-bond acceptors (Lipinski definition) is 6. The van der Waals surface area contributed by atoms with Crippen LogP contribution in [-0.4, -0.2) is 48.7 Å². The molecule has 8 nitrogen and oxygen atoms in total. The van der Waals surface area contributed by atoms with Crippen LogP contribution in [0.1, 0.15) is 105 Å². The van der Waals surface area contributed by atoms with Crippen LogP contribution in [0.5, 0.6) is 0 Å². The van der Waals surface area contributed by atoms with Crippen LogP contribution in [0.4, 0.5) is 5.69 Å². The van der Waals surface area contributed by atoms with Gasteiger partial charge in [0.15, 0.2) is 0 Å². The number of nitrogens with zero attached hydrogens (tertiary/aromatic N) is 1. The van der Waals surface area contributed by atoms with Crippen molar-refractivity contribution in [1.82, 2.24) is 10.6 Å². The van der Waals surface area contributed by atoms with Crippen LogP contribution in [0.15, 0.2) is 21.3 Å². The maximum absolute atomic E-state index is 13.2. The summed E-state index contributed by atoms with van der Waals surface area (Å²) >= 11 is 0. The SMILES string of the molecule is O=C(NC(CO)C(=O)NC1CCCCCCCCCCC1)c1cc2cc3c4c(c2oc1=O)CCCN4CCC3. The van der Waals surface area contributed by atoms with E-state index >= 15 is 0 Å². The molecular formula is C31H43N3O5. The molecule has 39 heavy (non-hydrogen) atoms. The number of carbonyl (C=O) groups is 2. The van der Waals surface area contributed by atoms with E-state index in [1.54, 1.807) is 6.07 Å². The summed E-state index contributed by atoms with van der Waals surface area (Å²) in [5, 5.41) is 16.3. The molecule has 0 saturated heterocycles. The lowest BCUT2D eigenvalue weighted by Crippen LogP contribution is -2.52. The van der Waals surface area contributed by atoms with E-state index in [0.29, 0.717) is 5.58 Å². The van der Waals surface area contributed by atoms with E-state index in [1.807, 2.05) is 6.07 Å². The lowest BCUT2D eigenvalue weighted by molar-refractivity contribution is -0.124. The topological polar surface area (TPSA) is 112 Å². The second-order valence-electron chi connectivity index (χ2n) is 11.6. The Morgan fingerprint density at radius 2 is 1.56 bits per heavy atom. The van der Waals surface area contributed by atoms with Crippen molar-refractivity contribution in [3.63, 3.8) is 0 Å². The molecule has 3 heterocycles. The van der Waals surface area contributed by atoms with Crippen LogP contribution in [-0.2, 0) is 17.6 Å². The van der Waals surface area contributed by atoms with Gasteiger partial charge in [0.25, 0.3) is 5.91 Å². The number of aryl methyl sites for hydroxylation is 2. The van der Waals surface area contributed by atoms with Crippen LogP contribution < -0.4 is 21.2 Å². The minimum absolute atomic E-state index is 0.0244. The lowest BCUT2D eigenvalue weighted by atomic mass is 9.90. The Balaban J connectivity index is 1.29. The van der Waals surface area contributed by atoms with Gasteiger partial charge < -0.3 is 25.1 Å². The highest BCUT2D eigenvalue weighted by Gasteiger charge is 2.29. The van der Waals surface area contributed by atoms with E-state index in [1.165, 1.54) is 43.4 Å². The molecule has 1 aromatic heterocycles. The monoisotopic (exact) mass is 537 g/mol. The first-order valence-corrected chi connectivity index (χ1v) is 15.1. The second kappa shape index (κ2) is 13.0. The van der Waals surface area contributed by atoms with Gasteiger partial charge in [-0.05, 0) is 56.2 Å². The number of rotatable bonds is 5. The molecule has 3 aliphatic rings. The highest BCUT2D eigenvalue weighted by atomic mass is 16.4. The molecule has 8 heteroatoms. The van der Waals surface area contributed by atoms with Gasteiger partial charge in [0.2, 0.25) is 5.91 Å². The molecule has 2 aliphatic heterocycles. The van der Waals surface area contributed by atoms with Crippen molar-refractivity contribution in [3.05, 3.63) is 39.2 Å². The third-order valence-corrected chi connectivity index (χ3v) is 8.72. The largest absolute Gasteiger partial charge is 0.422 e. The summed E-state index contributed by atoms with van der Waals surface area (Å²) in [5.41, 5.74) is 3.18. The molecule has 1 aliphatic carbocycles. The summed E-state index contributed by atoms with van der Waals surface area (Å²) < 4.78 is 5.74. The first-order valence-electron chi connectivity index (χ1n) is 15.1. The summed E-state index contributed by atoms with van der Waals surface area (Å²) in [7, 11) is 0. The van der Waals surface area contributed by atoms with Crippen LogP contribution in [0.3, 0.4) is 0 Å². The fourth-order valence-electron chi connectivity index (χ4n) is 6.64. The van der Waals surface area contributed by atoms with Gasteiger partial charge in [0.1, 0.15) is 17.2 Å². The molecule has 2 aromatic rings. The molecular weight excluding hydrogens is 494 g/mol. The molecule has 1 atom stereocenters. The van der Waals surface area contributed by atoms with E-state index in [-0.39, 0.29) is 11.6 Å². The number of amides is 2. The standard InChI is InChI=1S/C31H43N3O5/c35-20-26(30(37)32-23-13-8-6-4-2-1-3-5-7-9-14-23)33-29(36)25-19-22-18-21-12-10-16-34-17-11-15-24(27(21)34)28(22)39-31(25)38/h18-19,23,26,35H,1-17,20H2,(H,32,37)(H,33,36). The Morgan fingerprint density at radius 3 is 2.23 bits per heavy atom. The number of fused-ring (bicyclic) bond motifs is 2. The molecule has 1 unspecified atom stereocenters. The van der Waals surface area contributed by atoms with Gasteiger partial charge in [-0.25, -0.2) is 4.79 Å². The Labute approximate surface area is 230 Å². The molecule has 0 radical (unpaired) electrons. The van der Waals surface area contributed by atoms with Crippen molar-refractivity contribution in [2.75, 3.05) is 24.6 Å². The van der Waals surface area contributed by atoms with Gasteiger partial charge in [-0.2, -0.15) is 0 Å². The number of nitrogens with one attached hydrogen (secondary N) is 2. The molecule has 0 bridgehead atoms. The first kappa shape index (κ1) is 27.7. The molecule has 5 rings (SSSR count). The predicted molar refractivity (Wildman–Crippen MR) is 152 cm³/mol. The first-order chi connectivity index (χ1) is 19.0. The van der Waals surface area contributed by atoms with Crippen molar-refractivity contribution in [2.45, 2.75) is 108 Å². The average Bonchev–Trinajstić information content (AvgIpc) is 2.93. The summed E-state index contributed by atoms with van der Waals surface area (Å²) in [6.45, 7) is 1.49. The molecule has 0 spiro atoms. The quantitative estimate of drug-likeness (QED) is 0.489. The maximum atomic E-state index is 13.2. The van der Waals surface area contributed by atoms with E-state index in [9.17, 15) is 19.5 Å².